The summed E-state index contributed by atoms with van der Waals surface area (Å²) < 4.78 is 32.3. The van der Waals surface area contributed by atoms with Crippen LogP contribution < -0.4 is 11.4 Å². The SMILES string of the molecule is Nc1ccn([C@@H]2S[C@H](CO[P+]3(O)OCC[C@H](c4ccccc4)O3)[C@@H](O)[C@@H]2F)c(=O)n1. The second-order valence-corrected chi connectivity index (χ2v) is 9.96. The molecule has 4 rings (SSSR count). The van der Waals surface area contributed by atoms with Crippen LogP contribution >= 0.6 is 19.9 Å². The molecule has 4 N–H and O–H groups in total. The second-order valence-electron chi connectivity index (χ2n) is 6.93. The number of rotatable bonds is 5. The van der Waals surface area contributed by atoms with Crippen molar-refractivity contribution in [3.63, 3.8) is 0 Å². The number of nitrogens with zero attached hydrogens (tertiary/aromatic N) is 2. The molecule has 0 radical (unpaired) electrons. The lowest BCUT2D eigenvalue weighted by molar-refractivity contribution is -0.00309. The largest absolute Gasteiger partial charge is 0.573 e. The maximum absolute atomic E-state index is 14.7. The highest BCUT2D eigenvalue weighted by Crippen LogP contribution is 2.64. The topological polar surface area (TPSA) is 129 Å². The highest BCUT2D eigenvalue weighted by Gasteiger charge is 2.53. The summed E-state index contributed by atoms with van der Waals surface area (Å²) in [5.74, 6) is 0.0293. The third-order valence-electron chi connectivity index (χ3n) is 4.89. The van der Waals surface area contributed by atoms with Crippen molar-refractivity contribution >= 4 is 25.7 Å². The molecular weight excluding hydrogens is 436 g/mol. The monoisotopic (exact) mass is 458 g/mol. The van der Waals surface area contributed by atoms with Crippen LogP contribution in [0.3, 0.4) is 0 Å². The van der Waals surface area contributed by atoms with Gasteiger partial charge < -0.3 is 10.8 Å². The molecule has 1 aromatic heterocycles. The Bertz CT molecular complexity index is 940. The maximum Gasteiger partial charge on any atom is 0.573 e. The Morgan fingerprint density at radius 2 is 2.13 bits per heavy atom. The molecule has 2 aliphatic rings. The number of hydrogen-bond donors (Lipinski definition) is 3. The van der Waals surface area contributed by atoms with Gasteiger partial charge >= 0.3 is 13.9 Å². The van der Waals surface area contributed by atoms with E-state index in [1.165, 1.54) is 12.3 Å². The molecule has 0 bridgehead atoms. The quantitative estimate of drug-likeness (QED) is 0.576. The molecule has 12 heteroatoms. The van der Waals surface area contributed by atoms with Crippen LogP contribution in [0.15, 0.2) is 47.4 Å². The fraction of sp³-hybridized carbons (Fsp3) is 0.444. The molecule has 3 heterocycles. The van der Waals surface area contributed by atoms with Crippen molar-refractivity contribution in [2.45, 2.75) is 35.4 Å². The Morgan fingerprint density at radius 1 is 1.37 bits per heavy atom. The number of alkyl halides is 1. The van der Waals surface area contributed by atoms with Gasteiger partial charge in [0.15, 0.2) is 6.17 Å². The Labute approximate surface area is 176 Å². The Morgan fingerprint density at radius 3 is 2.87 bits per heavy atom. The molecule has 2 aromatic rings. The number of benzene rings is 1. The molecule has 0 aliphatic carbocycles. The van der Waals surface area contributed by atoms with E-state index in [1.807, 2.05) is 30.3 Å². The molecule has 0 saturated carbocycles. The zero-order valence-electron chi connectivity index (χ0n) is 15.8. The highest BCUT2D eigenvalue weighted by molar-refractivity contribution is 8.00. The van der Waals surface area contributed by atoms with Gasteiger partial charge in [-0.25, -0.2) is 9.18 Å². The summed E-state index contributed by atoms with van der Waals surface area (Å²) in [7, 11) is -3.64. The number of hydrogen-bond acceptors (Lipinski definition) is 9. The summed E-state index contributed by atoms with van der Waals surface area (Å²) in [6.07, 6.45) is -1.64. The number of aliphatic hydroxyl groups excluding tert-OH is 1. The number of aliphatic hydroxyl groups is 1. The van der Waals surface area contributed by atoms with Crippen molar-refractivity contribution in [1.82, 2.24) is 9.55 Å². The number of nitrogen functional groups attached to an aromatic ring is 1. The Hall–Kier alpha value is -1.59. The molecular formula is C18H22FN3O6PS+. The smallest absolute Gasteiger partial charge is 0.389 e. The van der Waals surface area contributed by atoms with E-state index in [4.69, 9.17) is 19.3 Å². The van der Waals surface area contributed by atoms with E-state index >= 15 is 0 Å². The molecule has 162 valence electrons. The highest BCUT2D eigenvalue weighted by atomic mass is 32.2. The van der Waals surface area contributed by atoms with E-state index in [9.17, 15) is 19.2 Å². The summed E-state index contributed by atoms with van der Waals surface area (Å²) in [6, 6.07) is 10.8. The van der Waals surface area contributed by atoms with E-state index in [0.717, 1.165) is 21.9 Å². The fourth-order valence-corrected chi connectivity index (χ4v) is 6.28. The summed E-state index contributed by atoms with van der Waals surface area (Å²) in [6.45, 7) is 0.0246. The predicted molar refractivity (Wildman–Crippen MR) is 110 cm³/mol. The van der Waals surface area contributed by atoms with Gasteiger partial charge in [0.25, 0.3) is 0 Å². The van der Waals surface area contributed by atoms with Gasteiger partial charge in [-0.05, 0) is 11.6 Å². The lowest BCUT2D eigenvalue weighted by atomic mass is 10.1. The molecule has 1 aromatic carbocycles. The van der Waals surface area contributed by atoms with Crippen LogP contribution in [0.5, 0.6) is 0 Å². The average molecular weight is 458 g/mol. The van der Waals surface area contributed by atoms with Crippen molar-refractivity contribution in [3.8, 4) is 0 Å². The molecule has 6 atom stereocenters. The first-order valence-corrected chi connectivity index (χ1v) is 11.8. The standard InChI is InChI=1S/C18H21FN3O6PS/c19-15-16(23)13(30-17(15)22-8-6-14(20)21-18(22)24)10-27-29(25)26-9-7-12(28-29)11-4-2-1-3-5-11/h1-6,8,12-13,15-17,23,25H,7,9-10H2,(H-,20,21,24)/p+1/t12-,13-,15+,16-,17-,29?/m1/s1. The minimum atomic E-state index is -3.64. The third-order valence-corrected chi connectivity index (χ3v) is 7.92. The van der Waals surface area contributed by atoms with Crippen LogP contribution in [0, 0.1) is 0 Å². The summed E-state index contributed by atoms with van der Waals surface area (Å²) in [5, 5.41) is 8.55. The van der Waals surface area contributed by atoms with Gasteiger partial charge in [0.2, 0.25) is 0 Å². The molecule has 9 nitrogen and oxygen atoms in total. The number of thioether (sulfide) groups is 1. The number of anilines is 1. The third kappa shape index (κ3) is 4.52. The van der Waals surface area contributed by atoms with Crippen LogP contribution in [0.4, 0.5) is 10.2 Å². The van der Waals surface area contributed by atoms with E-state index in [-0.39, 0.29) is 25.1 Å². The minimum Gasteiger partial charge on any atom is -0.389 e. The van der Waals surface area contributed by atoms with Crippen molar-refractivity contribution in [3.05, 3.63) is 58.6 Å². The van der Waals surface area contributed by atoms with Gasteiger partial charge in [-0.15, -0.1) is 16.3 Å². The first-order chi connectivity index (χ1) is 14.4. The number of nitrogens with two attached hydrogens (primary N) is 1. The van der Waals surface area contributed by atoms with E-state index in [2.05, 4.69) is 4.98 Å². The number of aromatic nitrogens is 2. The van der Waals surface area contributed by atoms with Crippen molar-refractivity contribution in [2.24, 2.45) is 0 Å². The molecule has 0 spiro atoms. The van der Waals surface area contributed by atoms with Crippen molar-refractivity contribution in [2.75, 3.05) is 18.9 Å². The maximum atomic E-state index is 14.7. The summed E-state index contributed by atoms with van der Waals surface area (Å²) >= 11 is 1.01. The van der Waals surface area contributed by atoms with Crippen LogP contribution in [-0.2, 0) is 13.6 Å². The Balaban J connectivity index is 1.41. The lowest BCUT2D eigenvalue weighted by Crippen LogP contribution is -2.34. The predicted octanol–water partition coefficient (Wildman–Crippen LogP) is 2.00. The Kier molecular flexibility index (Phi) is 6.40. The van der Waals surface area contributed by atoms with Gasteiger partial charge in [0.1, 0.15) is 36.6 Å². The van der Waals surface area contributed by atoms with E-state index < -0.39 is 36.8 Å². The van der Waals surface area contributed by atoms with Crippen LogP contribution in [0.1, 0.15) is 23.5 Å². The number of halogens is 1. The van der Waals surface area contributed by atoms with E-state index in [1.54, 1.807) is 0 Å². The molecule has 30 heavy (non-hydrogen) atoms. The zero-order valence-corrected chi connectivity index (χ0v) is 17.5. The summed E-state index contributed by atoms with van der Waals surface area (Å²) in [5.41, 5.74) is 5.64. The van der Waals surface area contributed by atoms with Crippen LogP contribution in [0.25, 0.3) is 0 Å². The van der Waals surface area contributed by atoms with Crippen molar-refractivity contribution < 1.29 is 28.0 Å². The minimum absolute atomic E-state index is 0.0293. The molecule has 1 unspecified atom stereocenters. The fourth-order valence-electron chi connectivity index (χ4n) is 3.33. The van der Waals surface area contributed by atoms with E-state index in [0.29, 0.717) is 6.42 Å². The normalized spacial score (nSPS) is 34.2. The summed E-state index contributed by atoms with van der Waals surface area (Å²) in [4.78, 5) is 26.3. The van der Waals surface area contributed by atoms with Crippen molar-refractivity contribution in [1.29, 1.82) is 0 Å². The van der Waals surface area contributed by atoms with Gasteiger partial charge in [0.05, 0.1) is 5.25 Å². The molecule has 2 fully saturated rings. The van der Waals surface area contributed by atoms with Gasteiger partial charge in [-0.3, -0.25) is 4.57 Å². The lowest BCUT2D eigenvalue weighted by Gasteiger charge is -2.26. The first-order valence-electron chi connectivity index (χ1n) is 9.33. The molecule has 0 amide bonds. The average Bonchev–Trinajstić information content (AvgIpc) is 3.01. The van der Waals surface area contributed by atoms with Gasteiger partial charge in [-0.1, -0.05) is 30.3 Å². The van der Waals surface area contributed by atoms with Gasteiger partial charge in [-0.2, -0.15) is 18.9 Å². The van der Waals surface area contributed by atoms with Crippen LogP contribution in [-0.4, -0.2) is 50.3 Å². The van der Waals surface area contributed by atoms with Crippen LogP contribution in [0.2, 0.25) is 0 Å². The van der Waals surface area contributed by atoms with Gasteiger partial charge in [0, 0.05) is 12.6 Å². The second kappa shape index (κ2) is 8.88. The zero-order chi connectivity index (χ0) is 21.3. The molecule has 2 aliphatic heterocycles. The first kappa shape index (κ1) is 21.6. The molecule has 2 saturated heterocycles.